The molecule has 0 saturated carbocycles. The monoisotopic (exact) mass is 389 g/mol. The first-order chi connectivity index (χ1) is 12.2. The molecule has 6 nitrogen and oxygen atoms in total. The van der Waals surface area contributed by atoms with Crippen molar-refractivity contribution < 1.29 is 4.79 Å². The van der Waals surface area contributed by atoms with Gasteiger partial charge in [-0.05, 0) is 25.0 Å². The van der Waals surface area contributed by atoms with Crippen LogP contribution in [0.2, 0.25) is 0 Å². The van der Waals surface area contributed by atoms with E-state index in [-0.39, 0.29) is 24.4 Å². The number of hydrogen-bond acceptors (Lipinski definition) is 5. The van der Waals surface area contributed by atoms with Crippen molar-refractivity contribution in [3.05, 3.63) is 53.8 Å². The molecule has 1 fully saturated rings. The van der Waals surface area contributed by atoms with Crippen molar-refractivity contribution in [3.8, 4) is 16.3 Å². The highest BCUT2D eigenvalue weighted by atomic mass is 35.5. The van der Waals surface area contributed by atoms with Gasteiger partial charge in [-0.2, -0.15) is 5.10 Å². The van der Waals surface area contributed by atoms with Crippen LogP contribution in [0.3, 0.4) is 0 Å². The molecular formula is C18H20ClN5OS. The average Bonchev–Trinajstić information content (AvgIpc) is 3.31. The zero-order chi connectivity index (χ0) is 17.2. The Morgan fingerprint density at radius 1 is 1.27 bits per heavy atom. The molecule has 1 unspecified atom stereocenters. The van der Waals surface area contributed by atoms with E-state index < -0.39 is 0 Å². The Bertz CT molecular complexity index is 879. The van der Waals surface area contributed by atoms with E-state index in [0.29, 0.717) is 12.2 Å². The maximum absolute atomic E-state index is 12.6. The van der Waals surface area contributed by atoms with Crippen LogP contribution >= 0.6 is 23.7 Å². The van der Waals surface area contributed by atoms with Gasteiger partial charge < -0.3 is 10.6 Å². The zero-order valence-electron chi connectivity index (χ0n) is 14.1. The predicted octanol–water partition coefficient (Wildman–Crippen LogP) is 2.98. The molecular weight excluding hydrogens is 370 g/mol. The van der Waals surface area contributed by atoms with Gasteiger partial charge in [0.2, 0.25) is 0 Å². The van der Waals surface area contributed by atoms with Gasteiger partial charge in [0.25, 0.3) is 5.91 Å². The van der Waals surface area contributed by atoms with Crippen molar-refractivity contribution in [1.29, 1.82) is 0 Å². The molecule has 8 heteroatoms. The SMILES string of the molecule is Cl.NC1CCCN(C(=O)c2csc(-c3cnn(-c4ccccc4)c3)n2)C1. The number of piperidine rings is 1. The van der Waals surface area contributed by atoms with E-state index in [0.717, 1.165) is 35.6 Å². The van der Waals surface area contributed by atoms with E-state index in [1.165, 1.54) is 11.3 Å². The quantitative estimate of drug-likeness (QED) is 0.747. The summed E-state index contributed by atoms with van der Waals surface area (Å²) in [5.41, 5.74) is 8.36. The summed E-state index contributed by atoms with van der Waals surface area (Å²) in [6, 6.07) is 9.97. The molecule has 2 N–H and O–H groups in total. The Kier molecular flexibility index (Phi) is 5.70. The molecule has 136 valence electrons. The summed E-state index contributed by atoms with van der Waals surface area (Å²) < 4.78 is 1.81. The lowest BCUT2D eigenvalue weighted by molar-refractivity contribution is 0.0704. The topological polar surface area (TPSA) is 77.0 Å². The van der Waals surface area contributed by atoms with E-state index in [4.69, 9.17) is 5.73 Å². The second-order valence-electron chi connectivity index (χ2n) is 6.20. The van der Waals surface area contributed by atoms with E-state index in [2.05, 4.69) is 10.1 Å². The highest BCUT2D eigenvalue weighted by Gasteiger charge is 2.24. The maximum atomic E-state index is 12.6. The van der Waals surface area contributed by atoms with Crippen molar-refractivity contribution in [2.24, 2.45) is 5.73 Å². The van der Waals surface area contributed by atoms with Gasteiger partial charge in [-0.3, -0.25) is 4.79 Å². The lowest BCUT2D eigenvalue weighted by Gasteiger charge is -2.30. The van der Waals surface area contributed by atoms with E-state index in [1.54, 1.807) is 11.1 Å². The Morgan fingerprint density at radius 3 is 2.85 bits per heavy atom. The number of para-hydroxylation sites is 1. The molecule has 0 aliphatic carbocycles. The van der Waals surface area contributed by atoms with Crippen LogP contribution in [0, 0.1) is 0 Å². The third-order valence-electron chi connectivity index (χ3n) is 4.32. The smallest absolute Gasteiger partial charge is 0.273 e. The van der Waals surface area contributed by atoms with Gasteiger partial charge in [0.05, 0.1) is 11.9 Å². The number of hydrogen-bond donors (Lipinski definition) is 1. The Balaban J connectivity index is 0.00000196. The number of benzene rings is 1. The number of nitrogens with zero attached hydrogens (tertiary/aromatic N) is 4. The van der Waals surface area contributed by atoms with E-state index >= 15 is 0 Å². The highest BCUT2D eigenvalue weighted by molar-refractivity contribution is 7.13. The molecule has 26 heavy (non-hydrogen) atoms. The molecule has 1 saturated heterocycles. The molecule has 0 radical (unpaired) electrons. The van der Waals surface area contributed by atoms with Crippen molar-refractivity contribution >= 4 is 29.7 Å². The molecule has 4 rings (SSSR count). The molecule has 0 spiro atoms. The fourth-order valence-corrected chi connectivity index (χ4v) is 3.79. The fourth-order valence-electron chi connectivity index (χ4n) is 3.02. The van der Waals surface area contributed by atoms with Crippen molar-refractivity contribution in [2.75, 3.05) is 13.1 Å². The summed E-state index contributed by atoms with van der Waals surface area (Å²) >= 11 is 1.46. The first-order valence-electron chi connectivity index (χ1n) is 8.31. The number of aromatic nitrogens is 3. The third-order valence-corrected chi connectivity index (χ3v) is 5.21. The van der Waals surface area contributed by atoms with Crippen LogP contribution in [-0.2, 0) is 0 Å². The van der Waals surface area contributed by atoms with Gasteiger partial charge >= 0.3 is 0 Å². The molecule has 1 aliphatic heterocycles. The first kappa shape index (κ1) is 18.6. The lowest BCUT2D eigenvalue weighted by atomic mass is 10.1. The number of amides is 1. The van der Waals surface area contributed by atoms with Gasteiger partial charge in [0.15, 0.2) is 0 Å². The fraction of sp³-hybridized carbons (Fsp3) is 0.278. The number of carbonyl (C=O) groups excluding carboxylic acids is 1. The Morgan fingerprint density at radius 2 is 2.08 bits per heavy atom. The molecule has 1 atom stereocenters. The molecule has 2 aromatic heterocycles. The van der Waals surface area contributed by atoms with Gasteiger partial charge in [-0.25, -0.2) is 9.67 Å². The number of halogens is 1. The first-order valence-corrected chi connectivity index (χ1v) is 9.19. The summed E-state index contributed by atoms with van der Waals surface area (Å²) in [6.45, 7) is 1.36. The minimum absolute atomic E-state index is 0. The van der Waals surface area contributed by atoms with Crippen LogP contribution in [0.5, 0.6) is 0 Å². The zero-order valence-corrected chi connectivity index (χ0v) is 15.7. The Labute approximate surface area is 162 Å². The van der Waals surface area contributed by atoms with Crippen molar-refractivity contribution in [1.82, 2.24) is 19.7 Å². The number of thiazole rings is 1. The Hall–Kier alpha value is -2.22. The number of likely N-dealkylation sites (tertiary alicyclic amines) is 1. The predicted molar refractivity (Wildman–Crippen MR) is 105 cm³/mol. The second-order valence-corrected chi connectivity index (χ2v) is 7.06. The van der Waals surface area contributed by atoms with Crippen LogP contribution < -0.4 is 5.73 Å². The van der Waals surface area contributed by atoms with Gasteiger partial charge in [0.1, 0.15) is 10.7 Å². The molecule has 1 amide bonds. The summed E-state index contributed by atoms with van der Waals surface area (Å²) in [6.07, 6.45) is 5.63. The highest BCUT2D eigenvalue weighted by Crippen LogP contribution is 2.25. The summed E-state index contributed by atoms with van der Waals surface area (Å²) in [5, 5.41) is 7.00. The second kappa shape index (κ2) is 7.99. The van der Waals surface area contributed by atoms with E-state index in [1.807, 2.05) is 46.6 Å². The van der Waals surface area contributed by atoms with Crippen molar-refractivity contribution in [2.45, 2.75) is 18.9 Å². The molecule has 1 aromatic carbocycles. The third kappa shape index (κ3) is 3.80. The molecule has 0 bridgehead atoms. The number of rotatable bonds is 3. The molecule has 3 heterocycles. The summed E-state index contributed by atoms with van der Waals surface area (Å²) in [5.74, 6) is -0.0342. The maximum Gasteiger partial charge on any atom is 0.273 e. The summed E-state index contributed by atoms with van der Waals surface area (Å²) in [4.78, 5) is 18.9. The van der Waals surface area contributed by atoms with Gasteiger partial charge in [0, 0.05) is 36.3 Å². The minimum atomic E-state index is -0.0342. The molecule has 1 aliphatic rings. The largest absolute Gasteiger partial charge is 0.336 e. The standard InChI is InChI=1S/C18H19N5OS.ClH/c19-14-5-4-8-22(11-14)18(24)16-12-25-17(21-16)13-9-20-23(10-13)15-6-2-1-3-7-15;/h1-3,6-7,9-10,12,14H,4-5,8,11,19H2;1H. The van der Waals surface area contributed by atoms with Crippen LogP contribution in [0.4, 0.5) is 0 Å². The van der Waals surface area contributed by atoms with Crippen LogP contribution in [-0.4, -0.2) is 44.7 Å². The van der Waals surface area contributed by atoms with E-state index in [9.17, 15) is 4.79 Å². The summed E-state index contributed by atoms with van der Waals surface area (Å²) in [7, 11) is 0. The van der Waals surface area contributed by atoms with Crippen molar-refractivity contribution in [3.63, 3.8) is 0 Å². The van der Waals surface area contributed by atoms with Gasteiger partial charge in [-0.1, -0.05) is 18.2 Å². The normalized spacial score (nSPS) is 17.0. The number of carbonyl (C=O) groups is 1. The average molecular weight is 390 g/mol. The van der Waals surface area contributed by atoms with Crippen LogP contribution in [0.15, 0.2) is 48.1 Å². The number of nitrogens with two attached hydrogens (primary N) is 1. The van der Waals surface area contributed by atoms with Crippen LogP contribution in [0.25, 0.3) is 16.3 Å². The molecule has 3 aromatic rings. The van der Waals surface area contributed by atoms with Gasteiger partial charge in [-0.15, -0.1) is 23.7 Å². The lowest BCUT2D eigenvalue weighted by Crippen LogP contribution is -2.45. The van der Waals surface area contributed by atoms with Crippen LogP contribution in [0.1, 0.15) is 23.3 Å². The minimum Gasteiger partial charge on any atom is -0.336 e.